The molecule has 110 valence electrons. The van der Waals surface area contributed by atoms with Crippen molar-refractivity contribution in [3.63, 3.8) is 0 Å². The first-order valence-electron chi connectivity index (χ1n) is 6.48. The lowest BCUT2D eigenvalue weighted by atomic mass is 10.1. The minimum absolute atomic E-state index is 0.207. The summed E-state index contributed by atoms with van der Waals surface area (Å²) in [4.78, 5) is 28.1. The van der Waals surface area contributed by atoms with E-state index >= 15 is 0 Å². The van der Waals surface area contributed by atoms with Gasteiger partial charge in [0, 0.05) is 18.5 Å². The zero-order valence-electron chi connectivity index (χ0n) is 11.7. The zero-order chi connectivity index (χ0) is 15.5. The van der Waals surface area contributed by atoms with Gasteiger partial charge in [0.15, 0.2) is 11.3 Å². The average molecular weight is 296 g/mol. The number of esters is 1. The molecule has 0 aliphatic rings. The summed E-state index contributed by atoms with van der Waals surface area (Å²) in [5, 5.41) is 6.79. The molecule has 0 bridgehead atoms. The van der Waals surface area contributed by atoms with Gasteiger partial charge < -0.3 is 10.1 Å². The second-order valence-corrected chi connectivity index (χ2v) is 4.44. The smallest absolute Gasteiger partial charge is 0.339 e. The summed E-state index contributed by atoms with van der Waals surface area (Å²) in [5.74, 6) is -0.950. The van der Waals surface area contributed by atoms with Gasteiger partial charge in [0.05, 0.1) is 18.4 Å². The number of methoxy groups -OCH3 is 1. The van der Waals surface area contributed by atoms with Crippen LogP contribution in [0.2, 0.25) is 0 Å². The third-order valence-electron chi connectivity index (χ3n) is 3.05. The molecular formula is C15H12N4O3. The van der Waals surface area contributed by atoms with Crippen LogP contribution in [0.4, 0.5) is 5.69 Å². The Bertz CT molecular complexity index is 824. The molecule has 1 amide bonds. The lowest BCUT2D eigenvalue weighted by Crippen LogP contribution is -2.16. The van der Waals surface area contributed by atoms with E-state index in [1.807, 2.05) is 0 Å². The Morgan fingerprint density at radius 1 is 1.23 bits per heavy atom. The molecule has 3 rings (SSSR count). The minimum atomic E-state index is -0.521. The largest absolute Gasteiger partial charge is 0.465 e. The first-order valence-corrected chi connectivity index (χ1v) is 6.48. The number of hydrogen-bond acceptors (Lipinski definition) is 5. The van der Waals surface area contributed by atoms with Crippen molar-refractivity contribution >= 4 is 23.2 Å². The van der Waals surface area contributed by atoms with Crippen LogP contribution in [0.5, 0.6) is 0 Å². The molecule has 0 saturated carbocycles. The highest BCUT2D eigenvalue weighted by Gasteiger charge is 2.16. The number of hydrogen-bond donors (Lipinski definition) is 1. The Hall–Kier alpha value is -3.22. The molecule has 0 aliphatic carbocycles. The molecule has 1 N–H and O–H groups in total. The van der Waals surface area contributed by atoms with Crippen LogP contribution in [0.25, 0.3) is 5.65 Å². The minimum Gasteiger partial charge on any atom is -0.465 e. The fraction of sp³-hybridized carbons (Fsp3) is 0.0667. The molecule has 7 nitrogen and oxygen atoms in total. The maximum Gasteiger partial charge on any atom is 0.339 e. The number of anilines is 1. The Balaban J connectivity index is 1.90. The number of fused-ring (bicyclic) bond motifs is 1. The highest BCUT2D eigenvalue weighted by Crippen LogP contribution is 2.17. The van der Waals surface area contributed by atoms with Crippen molar-refractivity contribution < 1.29 is 14.3 Å². The summed E-state index contributed by atoms with van der Waals surface area (Å²) >= 11 is 0. The van der Waals surface area contributed by atoms with Gasteiger partial charge in [-0.05, 0) is 18.2 Å². The number of ether oxygens (including phenoxy) is 1. The van der Waals surface area contributed by atoms with Gasteiger partial charge in [-0.25, -0.2) is 14.3 Å². The van der Waals surface area contributed by atoms with Gasteiger partial charge in [-0.3, -0.25) is 4.79 Å². The highest BCUT2D eigenvalue weighted by atomic mass is 16.5. The number of nitrogens with zero attached hydrogens (tertiary/aromatic N) is 3. The number of aromatic nitrogens is 3. The number of carbonyl (C=O) groups is 2. The first kappa shape index (κ1) is 13.7. The molecule has 0 radical (unpaired) electrons. The molecule has 7 heteroatoms. The Morgan fingerprint density at radius 3 is 2.82 bits per heavy atom. The summed E-state index contributed by atoms with van der Waals surface area (Å²) < 4.78 is 6.19. The second kappa shape index (κ2) is 5.65. The second-order valence-electron chi connectivity index (χ2n) is 4.44. The van der Waals surface area contributed by atoms with Crippen molar-refractivity contribution in [2.24, 2.45) is 0 Å². The normalized spacial score (nSPS) is 10.4. The molecule has 0 atom stereocenters. The first-order chi connectivity index (χ1) is 10.7. The number of benzene rings is 1. The maximum atomic E-state index is 12.3. The van der Waals surface area contributed by atoms with E-state index in [2.05, 4.69) is 15.4 Å². The molecule has 2 heterocycles. The van der Waals surface area contributed by atoms with Crippen LogP contribution in [0.1, 0.15) is 20.8 Å². The lowest BCUT2D eigenvalue weighted by molar-refractivity contribution is 0.0602. The van der Waals surface area contributed by atoms with E-state index in [0.29, 0.717) is 11.3 Å². The standard InChI is InChI=1S/C15H12N4O3/c1-22-15(21)10-5-2-3-6-11(10)17-14(20)12-9-13-16-7-4-8-19(13)18-12/h2-9H,1H3,(H,17,20). The highest BCUT2D eigenvalue weighted by molar-refractivity contribution is 6.07. The maximum absolute atomic E-state index is 12.3. The van der Waals surface area contributed by atoms with Crippen LogP contribution in [0.3, 0.4) is 0 Å². The SMILES string of the molecule is COC(=O)c1ccccc1NC(=O)c1cc2ncccn2n1. The number of nitrogens with one attached hydrogen (secondary N) is 1. The number of amides is 1. The van der Waals surface area contributed by atoms with Gasteiger partial charge in [0.1, 0.15) is 0 Å². The monoisotopic (exact) mass is 296 g/mol. The summed E-state index contributed by atoms with van der Waals surface area (Å²) in [6.45, 7) is 0. The molecule has 1 aromatic carbocycles. The Kier molecular flexibility index (Phi) is 3.53. The predicted molar refractivity (Wildman–Crippen MR) is 78.7 cm³/mol. The van der Waals surface area contributed by atoms with Crippen molar-refractivity contribution in [2.45, 2.75) is 0 Å². The van der Waals surface area contributed by atoms with Gasteiger partial charge in [-0.1, -0.05) is 12.1 Å². The van der Waals surface area contributed by atoms with E-state index in [-0.39, 0.29) is 11.3 Å². The van der Waals surface area contributed by atoms with E-state index in [9.17, 15) is 9.59 Å². The van der Waals surface area contributed by atoms with Crippen molar-refractivity contribution in [3.05, 3.63) is 60.0 Å². The molecule has 0 saturated heterocycles. The number of para-hydroxylation sites is 1. The fourth-order valence-corrected chi connectivity index (χ4v) is 2.01. The average Bonchev–Trinajstić information content (AvgIpc) is 2.99. The summed E-state index contributed by atoms with van der Waals surface area (Å²) in [5.41, 5.74) is 1.41. The van der Waals surface area contributed by atoms with Crippen LogP contribution >= 0.6 is 0 Å². The molecule has 0 unspecified atom stereocenters. The molecule has 0 spiro atoms. The zero-order valence-corrected chi connectivity index (χ0v) is 11.7. The van der Waals surface area contributed by atoms with Crippen molar-refractivity contribution in [1.29, 1.82) is 0 Å². The van der Waals surface area contributed by atoms with Crippen molar-refractivity contribution in [2.75, 3.05) is 12.4 Å². The van der Waals surface area contributed by atoms with E-state index in [0.717, 1.165) is 0 Å². The van der Waals surface area contributed by atoms with Crippen LogP contribution in [-0.4, -0.2) is 33.6 Å². The van der Waals surface area contributed by atoms with Crippen LogP contribution < -0.4 is 5.32 Å². The quantitative estimate of drug-likeness (QED) is 0.744. The van der Waals surface area contributed by atoms with E-state index in [1.54, 1.807) is 48.8 Å². The third-order valence-corrected chi connectivity index (χ3v) is 3.05. The lowest BCUT2D eigenvalue weighted by Gasteiger charge is -2.08. The van der Waals surface area contributed by atoms with Crippen LogP contribution in [-0.2, 0) is 4.74 Å². The number of carbonyl (C=O) groups excluding carboxylic acids is 2. The van der Waals surface area contributed by atoms with Crippen LogP contribution in [0, 0.1) is 0 Å². The van der Waals surface area contributed by atoms with Crippen molar-refractivity contribution in [1.82, 2.24) is 14.6 Å². The predicted octanol–water partition coefficient (Wildman–Crippen LogP) is 1.77. The molecule has 0 fully saturated rings. The topological polar surface area (TPSA) is 85.6 Å². The Labute approximate surface area is 125 Å². The number of rotatable bonds is 3. The fourth-order valence-electron chi connectivity index (χ4n) is 2.01. The summed E-state index contributed by atoms with van der Waals surface area (Å²) in [6.07, 6.45) is 3.31. The third kappa shape index (κ3) is 2.51. The summed E-state index contributed by atoms with van der Waals surface area (Å²) in [6, 6.07) is 9.89. The van der Waals surface area contributed by atoms with Crippen LogP contribution in [0.15, 0.2) is 48.8 Å². The van der Waals surface area contributed by atoms with E-state index in [1.165, 1.54) is 11.6 Å². The van der Waals surface area contributed by atoms with Gasteiger partial charge in [-0.2, -0.15) is 5.10 Å². The summed E-state index contributed by atoms with van der Waals surface area (Å²) in [7, 11) is 1.29. The van der Waals surface area contributed by atoms with Gasteiger partial charge in [0.2, 0.25) is 0 Å². The molecule has 2 aromatic heterocycles. The van der Waals surface area contributed by atoms with E-state index in [4.69, 9.17) is 4.74 Å². The van der Waals surface area contributed by atoms with Gasteiger partial charge in [-0.15, -0.1) is 0 Å². The molecular weight excluding hydrogens is 284 g/mol. The van der Waals surface area contributed by atoms with Crippen molar-refractivity contribution in [3.8, 4) is 0 Å². The molecule has 3 aromatic rings. The molecule has 22 heavy (non-hydrogen) atoms. The Morgan fingerprint density at radius 2 is 2.05 bits per heavy atom. The van der Waals surface area contributed by atoms with Gasteiger partial charge in [0.25, 0.3) is 5.91 Å². The van der Waals surface area contributed by atoms with Gasteiger partial charge >= 0.3 is 5.97 Å². The van der Waals surface area contributed by atoms with E-state index < -0.39 is 11.9 Å². The molecule has 0 aliphatic heterocycles.